The number of aliphatic carboxylic acids is 1. The third kappa shape index (κ3) is 2.90. The number of carbonyl (C=O) groups is 2. The molecule has 0 spiro atoms. The number of ether oxygens (including phenoxy) is 1. The number of nitrogens with zero attached hydrogens (tertiary/aromatic N) is 1. The molecular weight excluding hydrogens is 253 g/mol. The number of methoxy groups -OCH3 is 1. The number of carboxylic acids is 1. The van der Waals surface area contributed by atoms with E-state index in [0.29, 0.717) is 11.3 Å². The van der Waals surface area contributed by atoms with Gasteiger partial charge < -0.3 is 9.84 Å². The predicted molar refractivity (Wildman–Crippen MR) is 64.4 cm³/mol. The summed E-state index contributed by atoms with van der Waals surface area (Å²) in [5.41, 5.74) is 0.531. The lowest BCUT2D eigenvalue weighted by molar-refractivity contribution is -0.142. The molecule has 1 aromatic rings. The molecule has 0 saturated carbocycles. The van der Waals surface area contributed by atoms with Crippen molar-refractivity contribution in [1.29, 1.82) is 0 Å². The van der Waals surface area contributed by atoms with Crippen LogP contribution in [0, 0.1) is 5.82 Å². The van der Waals surface area contributed by atoms with Gasteiger partial charge >= 0.3 is 5.97 Å². The van der Waals surface area contributed by atoms with Gasteiger partial charge in [0.05, 0.1) is 13.7 Å². The highest BCUT2D eigenvalue weighted by molar-refractivity contribution is 5.90. The molecule has 1 aromatic carbocycles. The minimum Gasteiger partial charge on any atom is -0.496 e. The maximum Gasteiger partial charge on any atom is 0.321 e. The van der Waals surface area contributed by atoms with Crippen LogP contribution >= 0.6 is 0 Å². The van der Waals surface area contributed by atoms with Gasteiger partial charge in [-0.05, 0) is 18.2 Å². The Bertz CT molecular complexity index is 517. The molecule has 1 saturated heterocycles. The van der Waals surface area contributed by atoms with Gasteiger partial charge in [-0.25, -0.2) is 4.39 Å². The van der Waals surface area contributed by atoms with Crippen molar-refractivity contribution >= 4 is 11.8 Å². The quantitative estimate of drug-likeness (QED) is 0.883. The molecule has 1 atom stereocenters. The molecule has 1 aliphatic rings. The van der Waals surface area contributed by atoms with Crippen molar-refractivity contribution in [2.45, 2.75) is 19.0 Å². The van der Waals surface area contributed by atoms with Crippen LogP contribution in [0.4, 0.5) is 4.39 Å². The number of carboxylic acid groups (broad SMARTS) is 1. The van der Waals surface area contributed by atoms with E-state index >= 15 is 0 Å². The Balaban J connectivity index is 2.22. The van der Waals surface area contributed by atoms with E-state index in [2.05, 4.69) is 0 Å². The van der Waals surface area contributed by atoms with Crippen molar-refractivity contribution in [2.24, 2.45) is 0 Å². The Hall–Kier alpha value is -1.95. The first kappa shape index (κ1) is 13.5. The lowest BCUT2D eigenvalue weighted by Gasteiger charge is -2.21. The number of ketones is 1. The Morgan fingerprint density at radius 2 is 2.32 bits per heavy atom. The molecule has 5 nitrogen and oxygen atoms in total. The minimum absolute atomic E-state index is 0.00698. The lowest BCUT2D eigenvalue weighted by atomic mass is 10.1. The molecule has 1 aliphatic heterocycles. The van der Waals surface area contributed by atoms with Crippen LogP contribution in [0.1, 0.15) is 12.0 Å². The highest BCUT2D eigenvalue weighted by Crippen LogP contribution is 2.24. The van der Waals surface area contributed by atoms with Crippen LogP contribution in [-0.2, 0) is 16.1 Å². The fraction of sp³-hybridized carbons (Fsp3) is 0.385. The first-order chi connectivity index (χ1) is 9.01. The zero-order chi connectivity index (χ0) is 14.0. The molecular formula is C13H14FNO4. The normalized spacial score (nSPS) is 19.7. The second-order valence-electron chi connectivity index (χ2n) is 4.46. The van der Waals surface area contributed by atoms with Crippen LogP contribution in [0.2, 0.25) is 0 Å². The molecule has 6 heteroatoms. The summed E-state index contributed by atoms with van der Waals surface area (Å²) in [5, 5.41) is 9.06. The van der Waals surface area contributed by atoms with Crippen molar-refractivity contribution in [3.05, 3.63) is 29.6 Å². The highest BCUT2D eigenvalue weighted by atomic mass is 19.1. The number of halogens is 1. The van der Waals surface area contributed by atoms with Crippen LogP contribution in [0.3, 0.4) is 0 Å². The topological polar surface area (TPSA) is 66.8 Å². The van der Waals surface area contributed by atoms with Gasteiger partial charge in [0, 0.05) is 18.5 Å². The molecule has 0 amide bonds. The molecule has 0 aliphatic carbocycles. The average Bonchev–Trinajstić information content (AvgIpc) is 2.71. The van der Waals surface area contributed by atoms with E-state index in [0.717, 1.165) is 0 Å². The molecule has 1 N–H and O–H groups in total. The number of hydrogen-bond donors (Lipinski definition) is 1. The van der Waals surface area contributed by atoms with Gasteiger partial charge in [0.1, 0.15) is 23.4 Å². The summed E-state index contributed by atoms with van der Waals surface area (Å²) in [7, 11) is 1.46. The number of rotatable bonds is 4. The van der Waals surface area contributed by atoms with Crippen LogP contribution < -0.4 is 4.74 Å². The maximum atomic E-state index is 13.2. The Kier molecular flexibility index (Phi) is 3.80. The number of carbonyl (C=O) groups excluding carboxylic acids is 1. The summed E-state index contributed by atoms with van der Waals surface area (Å²) in [6, 6.07) is 3.20. The zero-order valence-electron chi connectivity index (χ0n) is 10.4. The molecule has 102 valence electrons. The van der Waals surface area contributed by atoms with Crippen molar-refractivity contribution in [2.75, 3.05) is 13.7 Å². The second kappa shape index (κ2) is 5.36. The summed E-state index contributed by atoms with van der Waals surface area (Å²) < 4.78 is 18.3. The Morgan fingerprint density at radius 1 is 1.58 bits per heavy atom. The van der Waals surface area contributed by atoms with E-state index in [9.17, 15) is 14.0 Å². The average molecular weight is 267 g/mol. The van der Waals surface area contributed by atoms with Crippen LogP contribution in [0.15, 0.2) is 18.2 Å². The smallest absolute Gasteiger partial charge is 0.321 e. The summed E-state index contributed by atoms with van der Waals surface area (Å²) >= 11 is 0. The van der Waals surface area contributed by atoms with Gasteiger partial charge in [-0.1, -0.05) is 0 Å². The third-order valence-corrected chi connectivity index (χ3v) is 3.14. The molecule has 1 fully saturated rings. The fourth-order valence-electron chi connectivity index (χ4n) is 2.25. The number of Topliss-reactive ketones (excluding diaryl/α,β-unsaturated/α-hetero) is 1. The van der Waals surface area contributed by atoms with Crippen molar-refractivity contribution in [3.63, 3.8) is 0 Å². The summed E-state index contributed by atoms with van der Waals surface area (Å²) in [5.74, 6) is -1.11. The van der Waals surface area contributed by atoms with E-state index in [-0.39, 0.29) is 25.3 Å². The summed E-state index contributed by atoms with van der Waals surface area (Å²) in [4.78, 5) is 24.0. The highest BCUT2D eigenvalue weighted by Gasteiger charge is 2.35. The van der Waals surface area contributed by atoms with Crippen LogP contribution in [0.5, 0.6) is 5.75 Å². The predicted octanol–water partition coefficient (Wildman–Crippen LogP) is 1.06. The Morgan fingerprint density at radius 3 is 2.95 bits per heavy atom. The fourth-order valence-corrected chi connectivity index (χ4v) is 2.25. The molecule has 19 heavy (non-hydrogen) atoms. The first-order valence-electron chi connectivity index (χ1n) is 5.82. The monoisotopic (exact) mass is 267 g/mol. The van der Waals surface area contributed by atoms with Crippen molar-refractivity contribution in [1.82, 2.24) is 4.90 Å². The van der Waals surface area contributed by atoms with Crippen LogP contribution in [0.25, 0.3) is 0 Å². The lowest BCUT2D eigenvalue weighted by Crippen LogP contribution is -2.35. The minimum atomic E-state index is -1.04. The SMILES string of the molecule is COc1ccc(F)cc1CN1CC(=O)CC1C(=O)O. The Labute approximate surface area is 109 Å². The van der Waals surface area contributed by atoms with Crippen molar-refractivity contribution < 1.29 is 23.8 Å². The molecule has 1 heterocycles. The number of benzene rings is 1. The molecule has 0 aromatic heterocycles. The third-order valence-electron chi connectivity index (χ3n) is 3.14. The van der Waals surface area contributed by atoms with Gasteiger partial charge in [0.15, 0.2) is 0 Å². The van der Waals surface area contributed by atoms with Gasteiger partial charge in [-0.15, -0.1) is 0 Å². The van der Waals surface area contributed by atoms with Gasteiger partial charge in [-0.2, -0.15) is 0 Å². The molecule has 1 unspecified atom stereocenters. The van der Waals surface area contributed by atoms with E-state index < -0.39 is 17.8 Å². The van der Waals surface area contributed by atoms with E-state index in [1.165, 1.54) is 30.2 Å². The standard InChI is InChI=1S/C13H14FNO4/c1-19-12-3-2-9(14)4-8(12)6-15-7-10(16)5-11(15)13(17)18/h2-4,11H,5-7H2,1H3,(H,17,18). The van der Waals surface area contributed by atoms with Crippen molar-refractivity contribution in [3.8, 4) is 5.75 Å². The van der Waals surface area contributed by atoms with Gasteiger partial charge in [-0.3, -0.25) is 14.5 Å². The molecule has 0 radical (unpaired) electrons. The maximum absolute atomic E-state index is 13.2. The zero-order valence-corrected chi connectivity index (χ0v) is 10.4. The van der Waals surface area contributed by atoms with E-state index in [1.54, 1.807) is 0 Å². The largest absolute Gasteiger partial charge is 0.496 e. The van der Waals surface area contributed by atoms with Gasteiger partial charge in [0.25, 0.3) is 0 Å². The van der Waals surface area contributed by atoms with Crippen LogP contribution in [-0.4, -0.2) is 41.5 Å². The van der Waals surface area contributed by atoms with E-state index in [4.69, 9.17) is 9.84 Å². The first-order valence-corrected chi connectivity index (χ1v) is 5.82. The second-order valence-corrected chi connectivity index (χ2v) is 4.46. The van der Waals surface area contributed by atoms with Gasteiger partial charge in [0.2, 0.25) is 0 Å². The van der Waals surface area contributed by atoms with E-state index in [1.807, 2.05) is 0 Å². The molecule has 2 rings (SSSR count). The molecule has 0 bridgehead atoms. The summed E-state index contributed by atoms with van der Waals surface area (Å²) in [6.07, 6.45) is -0.00698. The number of hydrogen-bond acceptors (Lipinski definition) is 4. The number of likely N-dealkylation sites (tertiary alicyclic amines) is 1. The summed E-state index contributed by atoms with van der Waals surface area (Å²) in [6.45, 7) is 0.236.